The van der Waals surface area contributed by atoms with Gasteiger partial charge in [-0.2, -0.15) is 0 Å². The first-order valence-corrected chi connectivity index (χ1v) is 6.42. The summed E-state index contributed by atoms with van der Waals surface area (Å²) in [6.07, 6.45) is 4.74. The van der Waals surface area contributed by atoms with Crippen molar-refractivity contribution >= 4 is 0 Å². The molecule has 2 heteroatoms. The number of benzene rings is 1. The molecule has 1 aliphatic rings. The molecular weight excluding hydrogens is 212 g/mol. The number of hydrogen-bond donors (Lipinski definition) is 1. The maximum Gasteiger partial charge on any atom is 0.0689 e. The average molecular weight is 234 g/mol. The van der Waals surface area contributed by atoms with E-state index < -0.39 is 5.60 Å². The minimum atomic E-state index is -0.525. The van der Waals surface area contributed by atoms with Gasteiger partial charge >= 0.3 is 0 Å². The van der Waals surface area contributed by atoms with Gasteiger partial charge in [0, 0.05) is 13.5 Å². The Morgan fingerprint density at radius 1 is 1.35 bits per heavy atom. The number of aryl methyl sites for hydroxylation is 1. The van der Waals surface area contributed by atoms with Crippen molar-refractivity contribution in [1.82, 2.24) is 0 Å². The summed E-state index contributed by atoms with van der Waals surface area (Å²) in [7, 11) is 1.76. The van der Waals surface area contributed by atoms with E-state index >= 15 is 0 Å². The van der Waals surface area contributed by atoms with Gasteiger partial charge in [0.15, 0.2) is 0 Å². The molecular formula is C15H22O2. The smallest absolute Gasteiger partial charge is 0.0689 e. The van der Waals surface area contributed by atoms with E-state index in [0.29, 0.717) is 6.10 Å². The highest BCUT2D eigenvalue weighted by molar-refractivity contribution is 5.23. The van der Waals surface area contributed by atoms with Crippen LogP contribution in [0, 0.1) is 6.92 Å². The summed E-state index contributed by atoms with van der Waals surface area (Å²) >= 11 is 0. The number of methoxy groups -OCH3 is 1. The predicted molar refractivity (Wildman–Crippen MR) is 69.1 cm³/mol. The lowest BCUT2D eigenvalue weighted by atomic mass is 9.79. The van der Waals surface area contributed by atoms with Crippen molar-refractivity contribution in [1.29, 1.82) is 0 Å². The summed E-state index contributed by atoms with van der Waals surface area (Å²) < 4.78 is 5.34. The van der Waals surface area contributed by atoms with Gasteiger partial charge in [-0.05, 0) is 38.2 Å². The Hall–Kier alpha value is -0.860. The summed E-state index contributed by atoms with van der Waals surface area (Å²) in [6.45, 7) is 2.09. The number of rotatable bonds is 3. The van der Waals surface area contributed by atoms with E-state index in [1.165, 1.54) is 11.1 Å². The second-order valence-corrected chi connectivity index (χ2v) is 5.33. The summed E-state index contributed by atoms with van der Waals surface area (Å²) in [6, 6.07) is 8.43. The molecule has 0 atom stereocenters. The Bertz CT molecular complexity index is 365. The molecule has 1 N–H and O–H groups in total. The molecule has 0 aliphatic heterocycles. The van der Waals surface area contributed by atoms with Crippen molar-refractivity contribution in [3.63, 3.8) is 0 Å². The van der Waals surface area contributed by atoms with Crippen LogP contribution in [0.4, 0.5) is 0 Å². The van der Waals surface area contributed by atoms with Crippen LogP contribution in [0.3, 0.4) is 0 Å². The van der Waals surface area contributed by atoms with Gasteiger partial charge in [0.1, 0.15) is 0 Å². The molecule has 17 heavy (non-hydrogen) atoms. The Balaban J connectivity index is 1.99. The molecule has 1 aliphatic carbocycles. The fourth-order valence-electron chi connectivity index (χ4n) is 2.74. The minimum absolute atomic E-state index is 0.341. The Kier molecular flexibility index (Phi) is 3.85. The van der Waals surface area contributed by atoms with Crippen molar-refractivity contribution in [2.45, 2.75) is 50.7 Å². The highest BCUT2D eigenvalue weighted by Crippen LogP contribution is 2.32. The molecule has 0 bridgehead atoms. The molecule has 2 nitrogen and oxygen atoms in total. The number of hydrogen-bond acceptors (Lipinski definition) is 2. The van der Waals surface area contributed by atoms with Crippen LogP contribution in [0.15, 0.2) is 24.3 Å². The SMILES string of the molecule is COC1CCC(O)(Cc2cccc(C)c2)CC1. The lowest BCUT2D eigenvalue weighted by Crippen LogP contribution is -2.38. The van der Waals surface area contributed by atoms with Crippen LogP contribution in [0.25, 0.3) is 0 Å². The van der Waals surface area contributed by atoms with Gasteiger partial charge in [0.05, 0.1) is 11.7 Å². The third-order valence-corrected chi connectivity index (χ3v) is 3.81. The molecule has 0 aromatic heterocycles. The topological polar surface area (TPSA) is 29.5 Å². The van der Waals surface area contributed by atoms with Crippen molar-refractivity contribution < 1.29 is 9.84 Å². The third kappa shape index (κ3) is 3.30. The summed E-state index contributed by atoms with van der Waals surface area (Å²) in [5.41, 5.74) is 1.98. The van der Waals surface area contributed by atoms with Crippen molar-refractivity contribution in [2.24, 2.45) is 0 Å². The minimum Gasteiger partial charge on any atom is -0.390 e. The van der Waals surface area contributed by atoms with E-state index in [9.17, 15) is 5.11 Å². The highest BCUT2D eigenvalue weighted by Gasteiger charge is 2.33. The zero-order valence-electron chi connectivity index (χ0n) is 10.8. The van der Waals surface area contributed by atoms with Crippen LogP contribution in [0.2, 0.25) is 0 Å². The van der Waals surface area contributed by atoms with Crippen LogP contribution in [-0.4, -0.2) is 23.9 Å². The molecule has 0 saturated heterocycles. The zero-order valence-corrected chi connectivity index (χ0v) is 10.8. The molecule has 0 amide bonds. The second-order valence-electron chi connectivity index (χ2n) is 5.33. The fourth-order valence-corrected chi connectivity index (χ4v) is 2.74. The number of ether oxygens (including phenoxy) is 1. The van der Waals surface area contributed by atoms with Crippen LogP contribution in [0.5, 0.6) is 0 Å². The molecule has 1 aromatic carbocycles. The second kappa shape index (κ2) is 5.19. The van der Waals surface area contributed by atoms with Gasteiger partial charge in [0.2, 0.25) is 0 Å². The molecule has 0 radical (unpaired) electrons. The van der Waals surface area contributed by atoms with E-state index in [0.717, 1.165) is 32.1 Å². The molecule has 2 rings (SSSR count). The maximum absolute atomic E-state index is 10.6. The Morgan fingerprint density at radius 2 is 2.06 bits per heavy atom. The van der Waals surface area contributed by atoms with Gasteiger partial charge in [-0.1, -0.05) is 29.8 Å². The van der Waals surface area contributed by atoms with Crippen LogP contribution in [0.1, 0.15) is 36.8 Å². The average Bonchev–Trinajstić information content (AvgIpc) is 2.29. The van der Waals surface area contributed by atoms with Crippen LogP contribution < -0.4 is 0 Å². The third-order valence-electron chi connectivity index (χ3n) is 3.81. The summed E-state index contributed by atoms with van der Waals surface area (Å²) in [5, 5.41) is 10.6. The van der Waals surface area contributed by atoms with Crippen molar-refractivity contribution in [2.75, 3.05) is 7.11 Å². The van der Waals surface area contributed by atoms with Crippen LogP contribution >= 0.6 is 0 Å². The normalized spacial score (nSPS) is 29.2. The number of aliphatic hydroxyl groups is 1. The van der Waals surface area contributed by atoms with Gasteiger partial charge in [0.25, 0.3) is 0 Å². The van der Waals surface area contributed by atoms with Crippen LogP contribution in [-0.2, 0) is 11.2 Å². The first-order valence-electron chi connectivity index (χ1n) is 6.42. The van der Waals surface area contributed by atoms with E-state index in [2.05, 4.69) is 31.2 Å². The largest absolute Gasteiger partial charge is 0.390 e. The van der Waals surface area contributed by atoms with Gasteiger partial charge in [-0.15, -0.1) is 0 Å². The Morgan fingerprint density at radius 3 is 2.65 bits per heavy atom. The highest BCUT2D eigenvalue weighted by atomic mass is 16.5. The quantitative estimate of drug-likeness (QED) is 0.871. The van der Waals surface area contributed by atoms with E-state index in [1.807, 2.05) is 0 Å². The van der Waals surface area contributed by atoms with Crippen molar-refractivity contribution in [3.05, 3.63) is 35.4 Å². The van der Waals surface area contributed by atoms with Gasteiger partial charge in [-0.25, -0.2) is 0 Å². The molecule has 94 valence electrons. The Labute approximate surface area is 104 Å². The zero-order chi connectivity index (χ0) is 12.3. The first-order chi connectivity index (χ1) is 8.11. The van der Waals surface area contributed by atoms with Crippen molar-refractivity contribution in [3.8, 4) is 0 Å². The van der Waals surface area contributed by atoms with E-state index in [-0.39, 0.29) is 0 Å². The van der Waals surface area contributed by atoms with E-state index in [4.69, 9.17) is 4.74 Å². The lowest BCUT2D eigenvalue weighted by molar-refractivity contribution is -0.0427. The molecule has 1 aromatic rings. The molecule has 1 fully saturated rings. The fraction of sp³-hybridized carbons (Fsp3) is 0.600. The van der Waals surface area contributed by atoms with Gasteiger partial charge < -0.3 is 9.84 Å². The maximum atomic E-state index is 10.6. The van der Waals surface area contributed by atoms with Gasteiger partial charge in [-0.3, -0.25) is 0 Å². The lowest BCUT2D eigenvalue weighted by Gasteiger charge is -2.35. The first kappa shape index (κ1) is 12.6. The monoisotopic (exact) mass is 234 g/mol. The summed E-state index contributed by atoms with van der Waals surface area (Å²) in [4.78, 5) is 0. The summed E-state index contributed by atoms with van der Waals surface area (Å²) in [5.74, 6) is 0. The molecule has 1 saturated carbocycles. The standard InChI is InChI=1S/C15H22O2/c1-12-4-3-5-13(10-12)11-15(16)8-6-14(17-2)7-9-15/h3-5,10,14,16H,6-9,11H2,1-2H3. The molecule has 0 spiro atoms. The van der Waals surface area contributed by atoms with E-state index in [1.54, 1.807) is 7.11 Å². The molecule has 0 unspecified atom stereocenters. The predicted octanol–water partition coefficient (Wildman–Crippen LogP) is 2.86. The molecule has 0 heterocycles.